The maximum Gasteiger partial charge on any atom is 0.151 e. The zero-order chi connectivity index (χ0) is 23.7. The molecule has 1 aromatic rings. The molecule has 3 heteroatoms. The molecule has 1 aliphatic rings. The van der Waals surface area contributed by atoms with Gasteiger partial charge in [0.15, 0.2) is 5.94 Å². The van der Waals surface area contributed by atoms with Crippen LogP contribution in [0.5, 0.6) is 0 Å². The minimum absolute atomic E-state index is 0.390. The van der Waals surface area contributed by atoms with Crippen LogP contribution in [-0.4, -0.2) is 16.7 Å². The van der Waals surface area contributed by atoms with Crippen LogP contribution in [0.3, 0.4) is 0 Å². The van der Waals surface area contributed by atoms with Crippen LogP contribution in [0.25, 0.3) is 0 Å². The topological polar surface area (TPSA) is 20.3 Å². The lowest BCUT2D eigenvalue weighted by atomic mass is 9.87. The van der Waals surface area contributed by atoms with E-state index in [4.69, 9.17) is 11.6 Å². The Bertz CT molecular complexity index is 1030. The predicted molar refractivity (Wildman–Crippen MR) is 138 cm³/mol. The quantitative estimate of drug-likeness (QED) is 0.208. The summed E-state index contributed by atoms with van der Waals surface area (Å²) >= 11 is 5.96. The van der Waals surface area contributed by atoms with Crippen LogP contribution >= 0.6 is 11.6 Å². The van der Waals surface area contributed by atoms with Crippen molar-refractivity contribution in [2.24, 2.45) is 0 Å². The van der Waals surface area contributed by atoms with E-state index in [-0.39, 0.29) is 0 Å². The van der Waals surface area contributed by atoms with Gasteiger partial charge in [-0.05, 0) is 62.0 Å². The molecule has 0 saturated heterocycles. The van der Waals surface area contributed by atoms with Crippen LogP contribution in [0.2, 0.25) is 0 Å². The van der Waals surface area contributed by atoms with Gasteiger partial charge in [0.1, 0.15) is 5.70 Å². The number of rotatable bonds is 10. The molecule has 2 nitrogen and oxygen atoms in total. The molecule has 0 atom stereocenters. The van der Waals surface area contributed by atoms with Gasteiger partial charge in [0.2, 0.25) is 0 Å². The molecule has 32 heavy (non-hydrogen) atoms. The van der Waals surface area contributed by atoms with E-state index < -0.39 is 0 Å². The molecule has 0 aliphatic carbocycles. The molecule has 1 heterocycles. The molecule has 0 fully saturated rings. The highest BCUT2D eigenvalue weighted by Gasteiger charge is 2.29. The lowest BCUT2D eigenvalue weighted by Crippen LogP contribution is -2.28. The fourth-order valence-electron chi connectivity index (χ4n) is 3.96. The van der Waals surface area contributed by atoms with E-state index in [1.54, 1.807) is 0 Å². The zero-order valence-electron chi connectivity index (χ0n) is 19.8. The Morgan fingerprint density at radius 2 is 1.84 bits per heavy atom. The fraction of sp³-hybridized carbons (Fsp3) is 0.310. The molecule has 0 radical (unpaired) electrons. The standard InChI is InChI=1S/C29H34ClNO/c1-7-10-24-14-16-25(17-15-24)19-31-27(11-9-18-30)26(8-2)23(6)29(28(31)20-32)22(5)13-12-21(3)4/h8-9,11,13-17H,2-3,7,10,12,18-19H2,1,4-6H3/b11-9-,22-13+. The monoisotopic (exact) mass is 447 g/mol. The largest absolute Gasteiger partial charge is 0.327 e. The second-order valence-corrected chi connectivity index (χ2v) is 8.52. The predicted octanol–water partition coefficient (Wildman–Crippen LogP) is 7.63. The molecule has 0 bridgehead atoms. The van der Waals surface area contributed by atoms with Gasteiger partial charge in [0.05, 0.1) is 0 Å². The second-order valence-electron chi connectivity index (χ2n) is 8.21. The third-order valence-corrected chi connectivity index (χ3v) is 5.75. The van der Waals surface area contributed by atoms with E-state index in [1.165, 1.54) is 5.56 Å². The molecule has 2 rings (SSSR count). The van der Waals surface area contributed by atoms with Crippen molar-refractivity contribution < 1.29 is 4.79 Å². The first-order chi connectivity index (χ1) is 15.4. The average Bonchev–Trinajstić information content (AvgIpc) is 2.78. The number of halogens is 1. The van der Waals surface area contributed by atoms with Gasteiger partial charge in [-0.2, -0.15) is 0 Å². The summed E-state index contributed by atoms with van der Waals surface area (Å²) in [4.78, 5) is 14.4. The van der Waals surface area contributed by atoms with Crippen molar-refractivity contribution in [3.05, 3.63) is 112 Å². The van der Waals surface area contributed by atoms with Crippen molar-refractivity contribution in [2.45, 2.75) is 53.5 Å². The third-order valence-electron chi connectivity index (χ3n) is 5.57. The maximum absolute atomic E-state index is 12.3. The Kier molecular flexibility index (Phi) is 9.78. The number of aryl methyl sites for hydroxylation is 1. The summed E-state index contributed by atoms with van der Waals surface area (Å²) in [6, 6.07) is 8.61. The van der Waals surface area contributed by atoms with Gasteiger partial charge in [-0.3, -0.25) is 0 Å². The molecule has 0 saturated carbocycles. The van der Waals surface area contributed by atoms with Crippen LogP contribution in [0.1, 0.15) is 51.7 Å². The number of carbonyl (C=O) groups excluding carboxylic acids is 1. The summed E-state index contributed by atoms with van der Waals surface area (Å²) in [7, 11) is 0. The second kappa shape index (κ2) is 12.3. The molecule has 0 aromatic heterocycles. The van der Waals surface area contributed by atoms with Crippen molar-refractivity contribution in [3.63, 3.8) is 0 Å². The normalized spacial score (nSPS) is 15.0. The SMILES string of the molecule is C=CC1=C(/C=C\CCl)N(Cc2ccc(CCC)cc2)C(=C=O)C(/C(C)=C/CC(=C)C)=C1C. The van der Waals surface area contributed by atoms with Gasteiger partial charge in [0, 0.05) is 29.3 Å². The molecule has 168 valence electrons. The van der Waals surface area contributed by atoms with Crippen LogP contribution in [0.4, 0.5) is 0 Å². The van der Waals surface area contributed by atoms with Gasteiger partial charge in [0.25, 0.3) is 0 Å². The first-order valence-corrected chi connectivity index (χ1v) is 11.6. The van der Waals surface area contributed by atoms with Gasteiger partial charge < -0.3 is 4.90 Å². The Hall–Kier alpha value is -2.80. The summed E-state index contributed by atoms with van der Waals surface area (Å²) < 4.78 is 0. The van der Waals surface area contributed by atoms with Crippen molar-refractivity contribution in [1.82, 2.24) is 4.90 Å². The highest BCUT2D eigenvalue weighted by Crippen LogP contribution is 2.39. The number of allylic oxidation sites excluding steroid dienone is 8. The molecule has 0 amide bonds. The summed E-state index contributed by atoms with van der Waals surface area (Å²) in [5.74, 6) is 2.63. The Labute approximate surface area is 198 Å². The van der Waals surface area contributed by atoms with Crippen LogP contribution in [0.15, 0.2) is 101 Å². The minimum atomic E-state index is 0.390. The summed E-state index contributed by atoms with van der Waals surface area (Å²) in [6.07, 6.45) is 10.8. The number of hydrogen-bond donors (Lipinski definition) is 0. The first kappa shape index (κ1) is 25.5. The summed E-state index contributed by atoms with van der Waals surface area (Å²) in [6.45, 7) is 16.9. The third kappa shape index (κ3) is 6.13. The highest BCUT2D eigenvalue weighted by molar-refractivity contribution is 6.18. The van der Waals surface area contributed by atoms with Gasteiger partial charge in [-0.25, -0.2) is 4.79 Å². The number of hydrogen-bond acceptors (Lipinski definition) is 2. The average molecular weight is 448 g/mol. The van der Waals surface area contributed by atoms with Crippen LogP contribution < -0.4 is 0 Å². The van der Waals surface area contributed by atoms with Gasteiger partial charge >= 0.3 is 0 Å². The molecule has 0 N–H and O–H groups in total. The van der Waals surface area contributed by atoms with Crippen molar-refractivity contribution in [1.29, 1.82) is 0 Å². The molecular weight excluding hydrogens is 414 g/mol. The smallest absolute Gasteiger partial charge is 0.151 e. The zero-order valence-corrected chi connectivity index (χ0v) is 20.6. The Morgan fingerprint density at radius 3 is 2.38 bits per heavy atom. The number of alkyl halides is 1. The molecular formula is C29H34ClNO. The number of nitrogens with zero attached hydrogens (tertiary/aromatic N) is 1. The van der Waals surface area contributed by atoms with E-state index in [1.807, 2.05) is 43.9 Å². The minimum Gasteiger partial charge on any atom is -0.327 e. The lowest BCUT2D eigenvalue weighted by molar-refractivity contribution is 0.431. The van der Waals surface area contributed by atoms with E-state index in [0.29, 0.717) is 18.1 Å². The van der Waals surface area contributed by atoms with E-state index >= 15 is 0 Å². The van der Waals surface area contributed by atoms with E-state index in [2.05, 4.69) is 56.4 Å². The van der Waals surface area contributed by atoms with Crippen LogP contribution in [-0.2, 0) is 17.8 Å². The molecule has 1 aliphatic heterocycles. The van der Waals surface area contributed by atoms with Crippen molar-refractivity contribution >= 4 is 17.5 Å². The van der Waals surface area contributed by atoms with E-state index in [0.717, 1.165) is 58.4 Å². The van der Waals surface area contributed by atoms with Gasteiger partial charge in [-0.1, -0.05) is 74.6 Å². The lowest BCUT2D eigenvalue weighted by Gasteiger charge is -2.35. The Morgan fingerprint density at radius 1 is 1.19 bits per heavy atom. The van der Waals surface area contributed by atoms with Gasteiger partial charge in [-0.15, -0.1) is 11.6 Å². The van der Waals surface area contributed by atoms with E-state index in [9.17, 15) is 4.79 Å². The molecule has 1 aromatic carbocycles. The summed E-state index contributed by atoms with van der Waals surface area (Å²) in [5, 5.41) is 0. The Balaban J connectivity index is 2.63. The van der Waals surface area contributed by atoms with Crippen molar-refractivity contribution in [2.75, 3.05) is 5.88 Å². The molecule has 0 spiro atoms. The maximum atomic E-state index is 12.3. The first-order valence-electron chi connectivity index (χ1n) is 11.1. The van der Waals surface area contributed by atoms with Crippen LogP contribution in [0, 0.1) is 0 Å². The highest BCUT2D eigenvalue weighted by atomic mass is 35.5. The fourth-order valence-corrected chi connectivity index (χ4v) is 4.05. The summed E-state index contributed by atoms with van der Waals surface area (Å²) in [5.41, 5.74) is 8.91. The van der Waals surface area contributed by atoms with Crippen molar-refractivity contribution in [3.8, 4) is 0 Å². The molecule has 0 unspecified atom stereocenters. The number of benzene rings is 1.